The van der Waals surface area contributed by atoms with E-state index in [1.54, 1.807) is 0 Å². The zero-order valence-corrected chi connectivity index (χ0v) is 11.9. The van der Waals surface area contributed by atoms with Gasteiger partial charge in [0.2, 0.25) is 0 Å². The molecule has 17 heavy (non-hydrogen) atoms. The van der Waals surface area contributed by atoms with Crippen LogP contribution in [0.5, 0.6) is 0 Å². The Morgan fingerprint density at radius 1 is 1.24 bits per heavy atom. The van der Waals surface area contributed by atoms with Crippen molar-refractivity contribution in [2.75, 3.05) is 6.54 Å². The van der Waals surface area contributed by atoms with Crippen molar-refractivity contribution < 1.29 is 5.11 Å². The summed E-state index contributed by atoms with van der Waals surface area (Å²) in [5.41, 5.74) is 0. The zero-order chi connectivity index (χ0) is 12.7. The molecular formula is C15H31NO. The highest BCUT2D eigenvalue weighted by molar-refractivity contribution is 4.74. The van der Waals surface area contributed by atoms with E-state index in [1.807, 2.05) is 0 Å². The minimum Gasteiger partial charge on any atom is -0.392 e. The molecule has 0 heterocycles. The fourth-order valence-electron chi connectivity index (χ4n) is 2.90. The fraction of sp³-hybridized carbons (Fsp3) is 1.00. The van der Waals surface area contributed by atoms with Crippen LogP contribution in [-0.4, -0.2) is 23.8 Å². The number of nitrogens with one attached hydrogen (secondary N) is 1. The summed E-state index contributed by atoms with van der Waals surface area (Å²) in [4.78, 5) is 0. The highest BCUT2D eigenvalue weighted by Gasteiger charge is 2.19. The second kappa shape index (κ2) is 8.10. The molecule has 3 atom stereocenters. The summed E-state index contributed by atoms with van der Waals surface area (Å²) in [5.74, 6) is 1.57. The van der Waals surface area contributed by atoms with Crippen molar-refractivity contribution >= 4 is 0 Å². The SMILES string of the molecule is CCC(C)CC(C)NCC(O)CC1CCCC1. The maximum Gasteiger partial charge on any atom is 0.0667 e. The molecule has 0 aromatic heterocycles. The minimum atomic E-state index is -0.141. The van der Waals surface area contributed by atoms with Gasteiger partial charge in [0.25, 0.3) is 0 Å². The number of hydrogen-bond acceptors (Lipinski definition) is 2. The molecule has 0 aliphatic heterocycles. The van der Waals surface area contributed by atoms with Gasteiger partial charge in [-0.3, -0.25) is 0 Å². The lowest BCUT2D eigenvalue weighted by Gasteiger charge is -2.21. The van der Waals surface area contributed by atoms with Crippen LogP contribution in [0, 0.1) is 11.8 Å². The Morgan fingerprint density at radius 3 is 2.47 bits per heavy atom. The van der Waals surface area contributed by atoms with Crippen LogP contribution in [0.1, 0.15) is 65.7 Å². The second-order valence-electron chi connectivity index (χ2n) is 6.10. The van der Waals surface area contributed by atoms with Crippen LogP contribution in [0.2, 0.25) is 0 Å². The molecular weight excluding hydrogens is 210 g/mol. The van der Waals surface area contributed by atoms with E-state index in [2.05, 4.69) is 26.1 Å². The maximum absolute atomic E-state index is 9.99. The average Bonchev–Trinajstić information content (AvgIpc) is 2.79. The van der Waals surface area contributed by atoms with Gasteiger partial charge >= 0.3 is 0 Å². The van der Waals surface area contributed by atoms with Crippen LogP contribution < -0.4 is 5.32 Å². The van der Waals surface area contributed by atoms with Crippen molar-refractivity contribution in [3.8, 4) is 0 Å². The number of aliphatic hydroxyl groups excluding tert-OH is 1. The monoisotopic (exact) mass is 241 g/mol. The zero-order valence-electron chi connectivity index (χ0n) is 11.9. The molecule has 0 saturated heterocycles. The molecule has 2 N–H and O–H groups in total. The average molecular weight is 241 g/mol. The van der Waals surface area contributed by atoms with Crippen molar-refractivity contribution in [2.45, 2.75) is 77.9 Å². The van der Waals surface area contributed by atoms with Gasteiger partial charge in [0.15, 0.2) is 0 Å². The molecule has 0 aromatic carbocycles. The van der Waals surface area contributed by atoms with Crippen molar-refractivity contribution in [2.24, 2.45) is 11.8 Å². The van der Waals surface area contributed by atoms with Crippen molar-refractivity contribution in [3.05, 3.63) is 0 Å². The second-order valence-corrected chi connectivity index (χ2v) is 6.10. The molecule has 102 valence electrons. The minimum absolute atomic E-state index is 0.141. The first-order valence-electron chi connectivity index (χ1n) is 7.53. The van der Waals surface area contributed by atoms with Gasteiger partial charge in [-0.2, -0.15) is 0 Å². The summed E-state index contributed by atoms with van der Waals surface area (Å²) >= 11 is 0. The van der Waals surface area contributed by atoms with E-state index < -0.39 is 0 Å². The Balaban J connectivity index is 2.07. The van der Waals surface area contributed by atoms with Gasteiger partial charge in [0.1, 0.15) is 0 Å². The normalized spacial score (nSPS) is 22.6. The standard InChI is InChI=1S/C15H31NO/c1-4-12(2)9-13(3)16-11-15(17)10-14-7-5-6-8-14/h12-17H,4-11H2,1-3H3. The van der Waals surface area contributed by atoms with Crippen LogP contribution in [0.4, 0.5) is 0 Å². The number of aliphatic hydroxyl groups is 1. The van der Waals surface area contributed by atoms with E-state index in [4.69, 9.17) is 0 Å². The van der Waals surface area contributed by atoms with E-state index in [0.29, 0.717) is 6.04 Å². The largest absolute Gasteiger partial charge is 0.392 e. The Bertz CT molecular complexity index is 189. The Hall–Kier alpha value is -0.0800. The van der Waals surface area contributed by atoms with Gasteiger partial charge in [0, 0.05) is 12.6 Å². The van der Waals surface area contributed by atoms with Gasteiger partial charge in [0.05, 0.1) is 6.10 Å². The lowest BCUT2D eigenvalue weighted by molar-refractivity contribution is 0.136. The third-order valence-corrected chi connectivity index (χ3v) is 4.23. The molecule has 1 aliphatic rings. The summed E-state index contributed by atoms with van der Waals surface area (Å²) < 4.78 is 0. The van der Waals surface area contributed by atoms with Gasteiger partial charge in [-0.1, -0.05) is 46.0 Å². The van der Waals surface area contributed by atoms with Crippen LogP contribution in [0.3, 0.4) is 0 Å². The van der Waals surface area contributed by atoms with E-state index in [9.17, 15) is 5.11 Å². The van der Waals surface area contributed by atoms with Gasteiger partial charge in [-0.05, 0) is 31.6 Å². The molecule has 2 heteroatoms. The molecule has 1 saturated carbocycles. The maximum atomic E-state index is 9.99. The molecule has 0 spiro atoms. The van der Waals surface area contributed by atoms with E-state index in [-0.39, 0.29) is 6.10 Å². The topological polar surface area (TPSA) is 32.3 Å². The molecule has 0 bridgehead atoms. The highest BCUT2D eigenvalue weighted by atomic mass is 16.3. The molecule has 1 fully saturated rings. The Morgan fingerprint density at radius 2 is 1.88 bits per heavy atom. The Kier molecular flexibility index (Phi) is 7.14. The lowest BCUT2D eigenvalue weighted by Crippen LogP contribution is -2.35. The molecule has 2 nitrogen and oxygen atoms in total. The van der Waals surface area contributed by atoms with Gasteiger partial charge in [-0.25, -0.2) is 0 Å². The summed E-state index contributed by atoms with van der Waals surface area (Å²) in [5, 5.41) is 13.5. The van der Waals surface area contributed by atoms with E-state index >= 15 is 0 Å². The molecule has 3 unspecified atom stereocenters. The summed E-state index contributed by atoms with van der Waals surface area (Å²) in [6, 6.07) is 0.531. The molecule has 1 aliphatic carbocycles. The summed E-state index contributed by atoms with van der Waals surface area (Å²) in [7, 11) is 0. The first-order chi connectivity index (χ1) is 8.11. The fourth-order valence-corrected chi connectivity index (χ4v) is 2.90. The third-order valence-electron chi connectivity index (χ3n) is 4.23. The molecule has 1 rings (SSSR count). The first-order valence-corrected chi connectivity index (χ1v) is 7.53. The molecule has 0 aromatic rings. The molecule has 0 radical (unpaired) electrons. The smallest absolute Gasteiger partial charge is 0.0667 e. The summed E-state index contributed by atoms with van der Waals surface area (Å²) in [6.45, 7) is 7.54. The predicted octanol–water partition coefficient (Wildman–Crippen LogP) is 3.34. The van der Waals surface area contributed by atoms with Crippen LogP contribution in [0.25, 0.3) is 0 Å². The van der Waals surface area contributed by atoms with Crippen molar-refractivity contribution in [3.63, 3.8) is 0 Å². The van der Waals surface area contributed by atoms with Crippen LogP contribution in [0.15, 0.2) is 0 Å². The summed E-state index contributed by atoms with van der Waals surface area (Å²) in [6.07, 6.45) is 8.73. The van der Waals surface area contributed by atoms with Gasteiger partial charge in [-0.15, -0.1) is 0 Å². The van der Waals surface area contributed by atoms with E-state index in [1.165, 1.54) is 38.5 Å². The molecule has 0 amide bonds. The highest BCUT2D eigenvalue weighted by Crippen LogP contribution is 2.28. The van der Waals surface area contributed by atoms with E-state index in [0.717, 1.165) is 24.8 Å². The lowest BCUT2D eigenvalue weighted by atomic mass is 9.98. The van der Waals surface area contributed by atoms with Crippen LogP contribution in [-0.2, 0) is 0 Å². The van der Waals surface area contributed by atoms with Crippen LogP contribution >= 0.6 is 0 Å². The van der Waals surface area contributed by atoms with Crippen molar-refractivity contribution in [1.29, 1.82) is 0 Å². The third kappa shape index (κ3) is 6.42. The van der Waals surface area contributed by atoms with Crippen molar-refractivity contribution in [1.82, 2.24) is 5.32 Å². The Labute approximate surface area is 107 Å². The predicted molar refractivity (Wildman–Crippen MR) is 74.1 cm³/mol. The number of hydrogen-bond donors (Lipinski definition) is 2. The first kappa shape index (κ1) is 15.0. The number of rotatable bonds is 8. The van der Waals surface area contributed by atoms with Gasteiger partial charge < -0.3 is 10.4 Å². The quantitative estimate of drug-likeness (QED) is 0.683.